The van der Waals surface area contributed by atoms with E-state index in [4.69, 9.17) is 0 Å². The lowest BCUT2D eigenvalue weighted by Crippen LogP contribution is -2.46. The summed E-state index contributed by atoms with van der Waals surface area (Å²) in [5.74, 6) is 0. The minimum Gasteiger partial charge on any atom is -0.309 e. The third kappa shape index (κ3) is 2.46. The Morgan fingerprint density at radius 2 is 1.54 bits per heavy atom. The number of hydrogen-bond donors (Lipinski definition) is 1. The van der Waals surface area contributed by atoms with E-state index in [1.165, 1.54) is 57.8 Å². The van der Waals surface area contributed by atoms with Crippen LogP contribution >= 0.6 is 0 Å². The van der Waals surface area contributed by atoms with Crippen molar-refractivity contribution < 1.29 is 0 Å². The van der Waals surface area contributed by atoms with E-state index in [9.17, 15) is 0 Å². The average molecular weight is 181 g/mol. The van der Waals surface area contributed by atoms with E-state index in [1.807, 2.05) is 0 Å². The van der Waals surface area contributed by atoms with Crippen molar-refractivity contribution in [2.24, 2.45) is 0 Å². The molecule has 2 aliphatic carbocycles. The van der Waals surface area contributed by atoms with Crippen LogP contribution in [-0.4, -0.2) is 11.6 Å². The fourth-order valence-corrected chi connectivity index (χ4v) is 3.04. The second kappa shape index (κ2) is 4.00. The van der Waals surface area contributed by atoms with Gasteiger partial charge < -0.3 is 5.32 Å². The van der Waals surface area contributed by atoms with Gasteiger partial charge in [-0.15, -0.1) is 0 Å². The average Bonchev–Trinajstić information content (AvgIpc) is 2.54. The summed E-state index contributed by atoms with van der Waals surface area (Å²) in [7, 11) is 0. The first kappa shape index (κ1) is 9.51. The van der Waals surface area contributed by atoms with Crippen LogP contribution in [0.1, 0.15) is 64.7 Å². The Hall–Kier alpha value is -0.0400. The van der Waals surface area contributed by atoms with Crippen LogP contribution in [0, 0.1) is 0 Å². The van der Waals surface area contributed by atoms with Gasteiger partial charge in [0.2, 0.25) is 0 Å². The largest absolute Gasteiger partial charge is 0.309 e. The number of hydrogen-bond acceptors (Lipinski definition) is 1. The zero-order valence-electron chi connectivity index (χ0n) is 8.94. The molecule has 76 valence electrons. The Morgan fingerprint density at radius 1 is 0.923 bits per heavy atom. The summed E-state index contributed by atoms with van der Waals surface area (Å²) in [5, 5.41) is 3.89. The fraction of sp³-hybridized carbons (Fsp3) is 1.00. The van der Waals surface area contributed by atoms with E-state index in [0.717, 1.165) is 6.04 Å². The third-order valence-corrected chi connectivity index (χ3v) is 3.86. The Balaban J connectivity index is 1.81. The van der Waals surface area contributed by atoms with Gasteiger partial charge in [0.1, 0.15) is 0 Å². The highest BCUT2D eigenvalue weighted by molar-refractivity contribution is 4.91. The Labute approximate surface area is 82.3 Å². The summed E-state index contributed by atoms with van der Waals surface area (Å²) in [5.41, 5.74) is 0.502. The minimum absolute atomic E-state index is 0.502. The highest BCUT2D eigenvalue weighted by Gasteiger charge is 2.30. The minimum atomic E-state index is 0.502. The second-order valence-corrected chi connectivity index (χ2v) is 5.25. The van der Waals surface area contributed by atoms with Crippen molar-refractivity contribution in [2.75, 3.05) is 0 Å². The molecule has 1 heteroatoms. The summed E-state index contributed by atoms with van der Waals surface area (Å²) in [6.07, 6.45) is 12.9. The quantitative estimate of drug-likeness (QED) is 0.689. The molecule has 2 saturated carbocycles. The van der Waals surface area contributed by atoms with Gasteiger partial charge in [-0.05, 0) is 32.6 Å². The van der Waals surface area contributed by atoms with Gasteiger partial charge in [0.15, 0.2) is 0 Å². The number of nitrogens with one attached hydrogen (secondary N) is 1. The van der Waals surface area contributed by atoms with Crippen LogP contribution in [0.5, 0.6) is 0 Å². The molecule has 2 rings (SSSR count). The Morgan fingerprint density at radius 3 is 2.15 bits per heavy atom. The van der Waals surface area contributed by atoms with Crippen LogP contribution in [0.25, 0.3) is 0 Å². The SMILES string of the molecule is CC1(NC2CCCCC2)CCCC1. The van der Waals surface area contributed by atoms with E-state index in [1.54, 1.807) is 0 Å². The van der Waals surface area contributed by atoms with Crippen molar-refractivity contribution >= 4 is 0 Å². The second-order valence-electron chi connectivity index (χ2n) is 5.25. The topological polar surface area (TPSA) is 12.0 Å². The normalized spacial score (nSPS) is 29.3. The first-order chi connectivity index (χ1) is 6.29. The van der Waals surface area contributed by atoms with Gasteiger partial charge in [-0.2, -0.15) is 0 Å². The zero-order valence-corrected chi connectivity index (χ0v) is 8.94. The summed E-state index contributed by atoms with van der Waals surface area (Å²) in [6.45, 7) is 2.43. The summed E-state index contributed by atoms with van der Waals surface area (Å²) in [4.78, 5) is 0. The highest BCUT2D eigenvalue weighted by Crippen LogP contribution is 2.31. The molecule has 0 radical (unpaired) electrons. The van der Waals surface area contributed by atoms with E-state index in [2.05, 4.69) is 12.2 Å². The van der Waals surface area contributed by atoms with Gasteiger partial charge in [0.05, 0.1) is 0 Å². The van der Waals surface area contributed by atoms with Gasteiger partial charge >= 0.3 is 0 Å². The molecule has 0 amide bonds. The van der Waals surface area contributed by atoms with Crippen molar-refractivity contribution in [3.8, 4) is 0 Å². The van der Waals surface area contributed by atoms with Crippen LogP contribution in [0.4, 0.5) is 0 Å². The van der Waals surface area contributed by atoms with Gasteiger partial charge in [-0.25, -0.2) is 0 Å². The van der Waals surface area contributed by atoms with Crippen molar-refractivity contribution in [3.63, 3.8) is 0 Å². The van der Waals surface area contributed by atoms with Crippen molar-refractivity contribution in [3.05, 3.63) is 0 Å². The van der Waals surface area contributed by atoms with Crippen LogP contribution in [0.3, 0.4) is 0 Å². The molecule has 0 aliphatic heterocycles. The molecular formula is C12H23N. The molecule has 2 aliphatic rings. The predicted molar refractivity (Wildman–Crippen MR) is 56.9 cm³/mol. The molecule has 0 atom stereocenters. The Kier molecular flexibility index (Phi) is 2.92. The molecule has 0 saturated heterocycles. The summed E-state index contributed by atoms with van der Waals surface area (Å²) < 4.78 is 0. The van der Waals surface area contributed by atoms with Crippen LogP contribution in [0.2, 0.25) is 0 Å². The molecule has 0 bridgehead atoms. The zero-order chi connectivity index (χ0) is 9.15. The number of rotatable bonds is 2. The van der Waals surface area contributed by atoms with Crippen LogP contribution in [0.15, 0.2) is 0 Å². The van der Waals surface area contributed by atoms with Crippen molar-refractivity contribution in [1.29, 1.82) is 0 Å². The molecule has 0 aromatic heterocycles. The molecule has 13 heavy (non-hydrogen) atoms. The smallest absolute Gasteiger partial charge is 0.0155 e. The first-order valence-corrected chi connectivity index (χ1v) is 6.06. The van der Waals surface area contributed by atoms with E-state index < -0.39 is 0 Å². The van der Waals surface area contributed by atoms with Gasteiger partial charge in [-0.1, -0.05) is 32.1 Å². The summed E-state index contributed by atoms with van der Waals surface area (Å²) in [6, 6.07) is 0.844. The van der Waals surface area contributed by atoms with E-state index >= 15 is 0 Å². The summed E-state index contributed by atoms with van der Waals surface area (Å²) >= 11 is 0. The van der Waals surface area contributed by atoms with E-state index in [-0.39, 0.29) is 0 Å². The maximum atomic E-state index is 3.89. The Bertz CT molecular complexity index is 153. The first-order valence-electron chi connectivity index (χ1n) is 6.06. The lowest BCUT2D eigenvalue weighted by Gasteiger charge is -2.33. The third-order valence-electron chi connectivity index (χ3n) is 3.86. The molecule has 0 heterocycles. The molecule has 0 aromatic rings. The molecule has 0 spiro atoms. The lowest BCUT2D eigenvalue weighted by atomic mass is 9.91. The standard InChI is InChI=1S/C12H23N/c1-12(9-5-6-10-12)13-11-7-3-2-4-8-11/h11,13H,2-10H2,1H3. The molecule has 0 aromatic carbocycles. The molecule has 2 fully saturated rings. The molecule has 1 nitrogen and oxygen atoms in total. The predicted octanol–water partition coefficient (Wildman–Crippen LogP) is 3.24. The molecular weight excluding hydrogens is 158 g/mol. The molecule has 0 unspecified atom stereocenters. The van der Waals surface area contributed by atoms with Gasteiger partial charge in [0.25, 0.3) is 0 Å². The van der Waals surface area contributed by atoms with Crippen molar-refractivity contribution in [2.45, 2.75) is 76.3 Å². The van der Waals surface area contributed by atoms with E-state index in [0.29, 0.717) is 5.54 Å². The van der Waals surface area contributed by atoms with Crippen molar-refractivity contribution in [1.82, 2.24) is 5.32 Å². The van der Waals surface area contributed by atoms with Crippen LogP contribution in [-0.2, 0) is 0 Å². The van der Waals surface area contributed by atoms with Gasteiger partial charge in [-0.3, -0.25) is 0 Å². The lowest BCUT2D eigenvalue weighted by molar-refractivity contribution is 0.267. The fourth-order valence-electron chi connectivity index (χ4n) is 3.04. The van der Waals surface area contributed by atoms with Gasteiger partial charge in [0, 0.05) is 11.6 Å². The maximum absolute atomic E-state index is 3.89. The highest BCUT2D eigenvalue weighted by atomic mass is 15.0. The molecule has 1 N–H and O–H groups in total. The monoisotopic (exact) mass is 181 g/mol. The maximum Gasteiger partial charge on any atom is 0.0155 e. The van der Waals surface area contributed by atoms with Crippen LogP contribution < -0.4 is 5.32 Å².